The average Bonchev–Trinajstić information content (AvgIpc) is 2.89. The number of phosphoric acid groups is 1. The molecule has 0 saturated heterocycles. The Bertz CT molecular complexity index is 551. The molecule has 0 aliphatic carbocycles. The molecule has 2 atom stereocenters. The van der Waals surface area contributed by atoms with Crippen LogP contribution in [0.1, 0.15) is 136 Å². The van der Waals surface area contributed by atoms with Crippen LogP contribution >= 0.6 is 7.82 Å². The molecule has 0 aliphatic rings. The van der Waals surface area contributed by atoms with Gasteiger partial charge in [-0.3, -0.25) is 13.8 Å². The molecule has 0 saturated carbocycles. The van der Waals surface area contributed by atoms with Gasteiger partial charge in [-0.05, 0) is 6.42 Å². The zero-order valence-electron chi connectivity index (χ0n) is 24.0. The van der Waals surface area contributed by atoms with Gasteiger partial charge in [-0.1, -0.05) is 123 Å². The van der Waals surface area contributed by atoms with Crippen LogP contribution in [-0.4, -0.2) is 49.9 Å². The Morgan fingerprint density at radius 3 is 1.59 bits per heavy atom. The predicted molar refractivity (Wildman–Crippen MR) is 151 cm³/mol. The zero-order chi connectivity index (χ0) is 27.5. The number of rotatable bonds is 29. The minimum atomic E-state index is -4.22. The van der Waals surface area contributed by atoms with Gasteiger partial charge in [-0.2, -0.15) is 0 Å². The van der Waals surface area contributed by atoms with Gasteiger partial charge in [0, 0.05) is 19.6 Å². The predicted octanol–water partition coefficient (Wildman–Crippen LogP) is 7.46. The van der Waals surface area contributed by atoms with E-state index in [2.05, 4.69) is 6.92 Å². The highest BCUT2D eigenvalue weighted by Gasteiger charge is 2.24. The summed E-state index contributed by atoms with van der Waals surface area (Å²) in [6, 6.07) is 0. The summed E-state index contributed by atoms with van der Waals surface area (Å²) in [6.45, 7) is 4.35. The molecule has 0 aromatic heterocycles. The lowest BCUT2D eigenvalue weighted by Gasteiger charge is -2.19. The number of phosphoric ester groups is 1. The molecule has 0 aliphatic heterocycles. The Morgan fingerprint density at radius 2 is 1.16 bits per heavy atom. The summed E-state index contributed by atoms with van der Waals surface area (Å²) < 4.78 is 32.2. The molecule has 0 radical (unpaired) electrons. The Balaban J connectivity index is 3.60. The van der Waals surface area contributed by atoms with Crippen LogP contribution in [0.2, 0.25) is 0 Å². The Hall–Kier alpha value is -0.500. The van der Waals surface area contributed by atoms with Crippen molar-refractivity contribution >= 4 is 13.8 Å². The van der Waals surface area contributed by atoms with Crippen LogP contribution in [0.15, 0.2) is 0 Å². The highest BCUT2D eigenvalue weighted by Crippen LogP contribution is 2.43. The minimum absolute atomic E-state index is 0.0942. The number of ether oxygens (including phenoxy) is 2. The number of hydrogen-bond acceptors (Lipinski definition) is 7. The highest BCUT2D eigenvalue weighted by atomic mass is 31.2. The fourth-order valence-corrected chi connectivity index (χ4v) is 4.85. The normalized spacial score (nSPS) is 13.9. The van der Waals surface area contributed by atoms with Crippen molar-refractivity contribution < 1.29 is 32.8 Å². The van der Waals surface area contributed by atoms with E-state index in [1.165, 1.54) is 103 Å². The van der Waals surface area contributed by atoms with Crippen LogP contribution in [0.25, 0.3) is 0 Å². The van der Waals surface area contributed by atoms with Crippen molar-refractivity contribution in [3.8, 4) is 0 Å². The molecule has 9 heteroatoms. The smallest absolute Gasteiger partial charge is 0.457 e. The molecule has 0 aromatic rings. The van der Waals surface area contributed by atoms with E-state index in [4.69, 9.17) is 24.3 Å². The maximum Gasteiger partial charge on any atom is 0.472 e. The first-order valence-corrected chi connectivity index (χ1v) is 16.5. The monoisotopic (exact) mass is 551 g/mol. The molecule has 0 rings (SSSR count). The Morgan fingerprint density at radius 1 is 0.703 bits per heavy atom. The minimum Gasteiger partial charge on any atom is -0.457 e. The standard InChI is InChI=1S/C28H58NO7P/c1-3-5-6-7-8-9-10-11-12-13-14-15-16-17-18-19-20-21-23-33-25-27(36-28(30)4-2)26-35-37(31,32)34-24-22-29/h27H,3-26,29H2,1-2H3,(H,31,32). The van der Waals surface area contributed by atoms with Gasteiger partial charge in [0.1, 0.15) is 6.10 Å². The molecule has 0 bridgehead atoms. The van der Waals surface area contributed by atoms with E-state index in [9.17, 15) is 14.3 Å². The van der Waals surface area contributed by atoms with E-state index in [1.807, 2.05) is 0 Å². The number of unbranched alkanes of at least 4 members (excludes halogenated alkanes) is 17. The largest absolute Gasteiger partial charge is 0.472 e. The highest BCUT2D eigenvalue weighted by molar-refractivity contribution is 7.47. The molecule has 0 aromatic carbocycles. The third-order valence-corrected chi connectivity index (χ3v) is 7.31. The summed E-state index contributed by atoms with van der Waals surface area (Å²) in [5.41, 5.74) is 5.26. The van der Waals surface area contributed by atoms with Crippen molar-refractivity contribution in [1.82, 2.24) is 0 Å². The van der Waals surface area contributed by atoms with Gasteiger partial charge in [0.25, 0.3) is 0 Å². The number of nitrogens with two attached hydrogens (primary N) is 1. The molecule has 8 nitrogen and oxygen atoms in total. The first-order chi connectivity index (χ1) is 17.9. The van der Waals surface area contributed by atoms with E-state index in [0.29, 0.717) is 6.61 Å². The quantitative estimate of drug-likeness (QED) is 0.0559. The van der Waals surface area contributed by atoms with Gasteiger partial charge in [-0.25, -0.2) is 4.57 Å². The van der Waals surface area contributed by atoms with Crippen LogP contribution in [-0.2, 0) is 27.9 Å². The maximum atomic E-state index is 11.8. The van der Waals surface area contributed by atoms with Gasteiger partial charge in [-0.15, -0.1) is 0 Å². The molecule has 0 fully saturated rings. The molecule has 37 heavy (non-hydrogen) atoms. The molecule has 0 amide bonds. The van der Waals surface area contributed by atoms with E-state index < -0.39 is 19.9 Å². The van der Waals surface area contributed by atoms with Gasteiger partial charge in [0.15, 0.2) is 0 Å². The number of carbonyl (C=O) groups excluding carboxylic acids is 1. The van der Waals surface area contributed by atoms with Crippen LogP contribution in [0.3, 0.4) is 0 Å². The molecule has 222 valence electrons. The number of hydrogen-bond donors (Lipinski definition) is 2. The van der Waals surface area contributed by atoms with Gasteiger partial charge in [0.2, 0.25) is 0 Å². The molecular weight excluding hydrogens is 493 g/mol. The van der Waals surface area contributed by atoms with Gasteiger partial charge < -0.3 is 20.1 Å². The topological polar surface area (TPSA) is 117 Å². The Kier molecular flexibility index (Phi) is 26.7. The third kappa shape index (κ3) is 26.9. The van der Waals surface area contributed by atoms with Crippen LogP contribution < -0.4 is 5.73 Å². The SMILES string of the molecule is CCCCCCCCCCCCCCCCCCCCOCC(COP(=O)(O)OCCN)OC(=O)CC. The van der Waals surface area contributed by atoms with Crippen molar-refractivity contribution in [3.05, 3.63) is 0 Å². The lowest BCUT2D eigenvalue weighted by atomic mass is 10.0. The first kappa shape index (κ1) is 36.5. The van der Waals surface area contributed by atoms with E-state index in [1.54, 1.807) is 6.92 Å². The molecule has 0 heterocycles. The second kappa shape index (κ2) is 27.1. The molecule has 3 N–H and O–H groups in total. The summed E-state index contributed by atoms with van der Waals surface area (Å²) in [5, 5.41) is 0. The molecule has 0 spiro atoms. The van der Waals surface area contributed by atoms with Crippen LogP contribution in [0, 0.1) is 0 Å². The van der Waals surface area contributed by atoms with Crippen molar-refractivity contribution in [1.29, 1.82) is 0 Å². The summed E-state index contributed by atoms with van der Waals surface area (Å²) in [7, 11) is -4.22. The zero-order valence-corrected chi connectivity index (χ0v) is 24.9. The number of esters is 1. The van der Waals surface area contributed by atoms with Crippen molar-refractivity contribution in [3.63, 3.8) is 0 Å². The Labute approximate surface area is 227 Å². The molecule has 2 unspecified atom stereocenters. The summed E-state index contributed by atoms with van der Waals surface area (Å²) in [4.78, 5) is 21.2. The van der Waals surface area contributed by atoms with E-state index >= 15 is 0 Å². The fraction of sp³-hybridized carbons (Fsp3) is 0.964. The first-order valence-electron chi connectivity index (χ1n) is 15.0. The lowest BCUT2D eigenvalue weighted by molar-refractivity contribution is -0.154. The molecular formula is C28H58NO7P. The third-order valence-electron chi connectivity index (χ3n) is 6.33. The average molecular weight is 552 g/mol. The maximum absolute atomic E-state index is 11.8. The lowest BCUT2D eigenvalue weighted by Crippen LogP contribution is -2.28. The van der Waals surface area contributed by atoms with Gasteiger partial charge in [0.05, 0.1) is 19.8 Å². The van der Waals surface area contributed by atoms with Crippen LogP contribution in [0.4, 0.5) is 0 Å². The van der Waals surface area contributed by atoms with E-state index in [0.717, 1.165) is 12.8 Å². The van der Waals surface area contributed by atoms with Crippen molar-refractivity contribution in [2.24, 2.45) is 5.73 Å². The summed E-state index contributed by atoms with van der Waals surface area (Å²) in [6.07, 6.45) is 23.4. The fourth-order valence-electron chi connectivity index (χ4n) is 4.09. The van der Waals surface area contributed by atoms with Crippen molar-refractivity contribution in [2.45, 2.75) is 142 Å². The van der Waals surface area contributed by atoms with E-state index in [-0.39, 0.29) is 32.8 Å². The van der Waals surface area contributed by atoms with Gasteiger partial charge >= 0.3 is 13.8 Å². The second-order valence-corrected chi connectivity index (χ2v) is 11.4. The summed E-state index contributed by atoms with van der Waals surface area (Å²) in [5.74, 6) is -0.416. The number of carbonyl (C=O) groups is 1. The summed E-state index contributed by atoms with van der Waals surface area (Å²) >= 11 is 0. The second-order valence-electron chi connectivity index (χ2n) is 9.94. The van der Waals surface area contributed by atoms with Crippen LogP contribution in [0.5, 0.6) is 0 Å². The van der Waals surface area contributed by atoms with Crippen molar-refractivity contribution in [2.75, 3.05) is 33.0 Å².